The van der Waals surface area contributed by atoms with Crippen LogP contribution >= 0.6 is 0 Å². The van der Waals surface area contributed by atoms with E-state index < -0.39 is 5.82 Å². The van der Waals surface area contributed by atoms with Gasteiger partial charge in [0.2, 0.25) is 0 Å². The largest absolute Gasteiger partial charge is 0.409 e. The van der Waals surface area contributed by atoms with Gasteiger partial charge in [0, 0.05) is 12.1 Å². The third-order valence-corrected chi connectivity index (χ3v) is 3.05. The molecule has 0 aromatic heterocycles. The summed E-state index contributed by atoms with van der Waals surface area (Å²) in [6.07, 6.45) is 0. The van der Waals surface area contributed by atoms with Crippen LogP contribution in [0.25, 0.3) is 0 Å². The van der Waals surface area contributed by atoms with Crippen molar-refractivity contribution in [2.45, 2.75) is 13.5 Å². The van der Waals surface area contributed by atoms with Crippen LogP contribution < -0.4 is 11.1 Å². The highest BCUT2D eigenvalue weighted by molar-refractivity contribution is 5.97. The first kappa shape index (κ1) is 14.8. The predicted molar refractivity (Wildman–Crippen MR) is 77.4 cm³/mol. The number of aryl methyl sites for hydroxylation is 1. The van der Waals surface area contributed by atoms with E-state index in [2.05, 4.69) is 10.5 Å². The first-order valence-electron chi connectivity index (χ1n) is 6.27. The van der Waals surface area contributed by atoms with Crippen LogP contribution in [0.1, 0.15) is 16.7 Å². The number of oxime groups is 1. The minimum atomic E-state index is -0.513. The van der Waals surface area contributed by atoms with E-state index in [1.165, 1.54) is 12.1 Å². The molecule has 21 heavy (non-hydrogen) atoms. The molecule has 0 aliphatic heterocycles. The van der Waals surface area contributed by atoms with Crippen LogP contribution in [0.15, 0.2) is 41.6 Å². The van der Waals surface area contributed by atoms with Crippen molar-refractivity contribution in [3.8, 4) is 0 Å². The van der Waals surface area contributed by atoms with Crippen molar-refractivity contribution in [1.29, 1.82) is 0 Å². The van der Waals surface area contributed by atoms with E-state index >= 15 is 0 Å². The van der Waals surface area contributed by atoms with Gasteiger partial charge >= 0.3 is 0 Å². The monoisotopic (exact) mass is 291 g/mol. The van der Waals surface area contributed by atoms with E-state index in [1.807, 2.05) is 0 Å². The molecule has 6 heteroatoms. The maximum Gasteiger partial charge on any atom is 0.170 e. The lowest BCUT2D eigenvalue weighted by molar-refractivity contribution is 0.318. The molecule has 0 radical (unpaired) electrons. The number of amidine groups is 1. The Hall–Kier alpha value is -2.63. The summed E-state index contributed by atoms with van der Waals surface area (Å²) in [6, 6.07) is 8.78. The van der Waals surface area contributed by atoms with Gasteiger partial charge in [0.15, 0.2) is 5.84 Å². The fourth-order valence-corrected chi connectivity index (χ4v) is 2.00. The summed E-state index contributed by atoms with van der Waals surface area (Å²) in [6.45, 7) is 1.99. The third-order valence-electron chi connectivity index (χ3n) is 3.05. The van der Waals surface area contributed by atoms with Crippen molar-refractivity contribution in [2.24, 2.45) is 10.9 Å². The molecule has 110 valence electrons. The number of benzene rings is 2. The summed E-state index contributed by atoms with van der Waals surface area (Å²) in [5, 5.41) is 14.4. The number of nitrogens with zero attached hydrogens (tertiary/aromatic N) is 1. The molecule has 2 aromatic rings. The van der Waals surface area contributed by atoms with Gasteiger partial charge in [-0.1, -0.05) is 17.3 Å². The van der Waals surface area contributed by atoms with Crippen LogP contribution in [0.4, 0.5) is 14.5 Å². The minimum Gasteiger partial charge on any atom is -0.409 e. The van der Waals surface area contributed by atoms with Gasteiger partial charge in [-0.15, -0.1) is 0 Å². The topological polar surface area (TPSA) is 70.6 Å². The Balaban J connectivity index is 2.22. The molecule has 0 amide bonds. The van der Waals surface area contributed by atoms with Gasteiger partial charge in [0.05, 0.1) is 5.69 Å². The first-order chi connectivity index (χ1) is 10.0. The Morgan fingerprint density at radius 3 is 2.71 bits per heavy atom. The summed E-state index contributed by atoms with van der Waals surface area (Å²) in [4.78, 5) is 0. The zero-order valence-corrected chi connectivity index (χ0v) is 11.4. The molecule has 2 rings (SSSR count). The highest BCUT2D eigenvalue weighted by Gasteiger charge is 2.07. The Kier molecular flexibility index (Phi) is 4.37. The molecule has 0 aliphatic rings. The Morgan fingerprint density at radius 1 is 1.29 bits per heavy atom. The number of rotatable bonds is 4. The second-order valence-corrected chi connectivity index (χ2v) is 4.62. The number of anilines is 1. The number of nitrogens with one attached hydrogen (secondary N) is 1. The Labute approximate surface area is 120 Å². The van der Waals surface area contributed by atoms with Crippen LogP contribution in [-0.4, -0.2) is 11.0 Å². The van der Waals surface area contributed by atoms with E-state index in [0.717, 1.165) is 11.6 Å². The van der Waals surface area contributed by atoms with E-state index in [4.69, 9.17) is 10.9 Å². The zero-order chi connectivity index (χ0) is 15.4. The molecular formula is C15H15F2N3O. The summed E-state index contributed by atoms with van der Waals surface area (Å²) in [5.74, 6) is -1.07. The second kappa shape index (κ2) is 6.21. The second-order valence-electron chi connectivity index (χ2n) is 4.62. The van der Waals surface area contributed by atoms with Gasteiger partial charge in [-0.05, 0) is 42.3 Å². The van der Waals surface area contributed by atoms with Gasteiger partial charge in [-0.2, -0.15) is 0 Å². The number of para-hydroxylation sites is 1. The predicted octanol–water partition coefficient (Wildman–Crippen LogP) is 2.98. The van der Waals surface area contributed by atoms with Gasteiger partial charge < -0.3 is 16.3 Å². The van der Waals surface area contributed by atoms with Crippen LogP contribution in [0.5, 0.6) is 0 Å². The van der Waals surface area contributed by atoms with Crippen molar-refractivity contribution in [3.05, 3.63) is 64.7 Å². The molecule has 0 unspecified atom stereocenters. The number of hydrogen-bond acceptors (Lipinski definition) is 3. The maximum atomic E-state index is 13.7. The molecule has 4 nitrogen and oxygen atoms in total. The van der Waals surface area contributed by atoms with Gasteiger partial charge in [0.25, 0.3) is 0 Å². The average molecular weight is 291 g/mol. The quantitative estimate of drug-likeness (QED) is 0.351. The molecule has 0 saturated carbocycles. The lowest BCUT2D eigenvalue weighted by Crippen LogP contribution is -2.14. The van der Waals surface area contributed by atoms with Crippen LogP contribution in [-0.2, 0) is 6.54 Å². The minimum absolute atomic E-state index is 0.183. The Morgan fingerprint density at radius 2 is 2.05 bits per heavy atom. The lowest BCUT2D eigenvalue weighted by Gasteiger charge is -2.11. The fraction of sp³-hybridized carbons (Fsp3) is 0.133. The van der Waals surface area contributed by atoms with E-state index in [1.54, 1.807) is 25.1 Å². The highest BCUT2D eigenvalue weighted by atomic mass is 19.1. The van der Waals surface area contributed by atoms with Crippen LogP contribution in [0.2, 0.25) is 0 Å². The normalized spacial score (nSPS) is 11.5. The molecule has 0 heterocycles. The van der Waals surface area contributed by atoms with Gasteiger partial charge in [0.1, 0.15) is 11.6 Å². The maximum absolute atomic E-state index is 13.7. The number of nitrogens with two attached hydrogens (primary N) is 1. The van der Waals surface area contributed by atoms with Crippen molar-refractivity contribution in [1.82, 2.24) is 0 Å². The molecule has 0 spiro atoms. The average Bonchev–Trinajstić information content (AvgIpc) is 2.45. The van der Waals surface area contributed by atoms with E-state index in [9.17, 15) is 8.78 Å². The first-order valence-corrected chi connectivity index (χ1v) is 6.27. The molecule has 4 N–H and O–H groups in total. The van der Waals surface area contributed by atoms with Crippen molar-refractivity contribution >= 4 is 11.5 Å². The molecule has 0 atom stereocenters. The number of hydrogen-bond donors (Lipinski definition) is 3. The third kappa shape index (κ3) is 3.47. The van der Waals surface area contributed by atoms with E-state index in [0.29, 0.717) is 11.3 Å². The molecule has 0 aliphatic carbocycles. The lowest BCUT2D eigenvalue weighted by atomic mass is 10.1. The Bertz CT molecular complexity index is 666. The van der Waals surface area contributed by atoms with Crippen LogP contribution in [0, 0.1) is 18.6 Å². The molecule has 0 bridgehead atoms. The molecular weight excluding hydrogens is 276 g/mol. The van der Waals surface area contributed by atoms with E-state index in [-0.39, 0.29) is 23.8 Å². The fourth-order valence-electron chi connectivity index (χ4n) is 2.00. The summed E-state index contributed by atoms with van der Waals surface area (Å²) in [5.41, 5.74) is 7.38. The zero-order valence-electron chi connectivity index (χ0n) is 11.4. The molecule has 0 saturated heterocycles. The van der Waals surface area contributed by atoms with Gasteiger partial charge in [-0.25, -0.2) is 8.78 Å². The molecule has 2 aromatic carbocycles. The smallest absolute Gasteiger partial charge is 0.170 e. The van der Waals surface area contributed by atoms with Crippen molar-refractivity contribution in [3.63, 3.8) is 0 Å². The standard InChI is InChI=1S/C15H15F2N3O/c1-9-3-2-4-13(17)14(9)19-8-10-5-11(15(18)20-21)7-12(16)6-10/h2-7,19,21H,8H2,1H3,(H2,18,20). The summed E-state index contributed by atoms with van der Waals surface area (Å²) < 4.78 is 27.2. The summed E-state index contributed by atoms with van der Waals surface area (Å²) in [7, 11) is 0. The van der Waals surface area contributed by atoms with Crippen molar-refractivity contribution < 1.29 is 14.0 Å². The van der Waals surface area contributed by atoms with Gasteiger partial charge in [-0.3, -0.25) is 0 Å². The number of halogens is 2. The highest BCUT2D eigenvalue weighted by Crippen LogP contribution is 2.20. The van der Waals surface area contributed by atoms with Crippen molar-refractivity contribution in [2.75, 3.05) is 5.32 Å². The molecule has 0 fully saturated rings. The SMILES string of the molecule is Cc1cccc(F)c1NCc1cc(F)cc(/C(N)=N/O)c1. The van der Waals surface area contributed by atoms with Crippen LogP contribution in [0.3, 0.4) is 0 Å². The summed E-state index contributed by atoms with van der Waals surface area (Å²) >= 11 is 0.